The molecule has 0 amide bonds. The molecule has 18 heavy (non-hydrogen) atoms. The van der Waals surface area contributed by atoms with Gasteiger partial charge in [-0.1, -0.05) is 15.9 Å². The molecule has 1 aromatic heterocycles. The number of benzene rings is 1. The van der Waals surface area contributed by atoms with Crippen molar-refractivity contribution in [3.05, 3.63) is 45.3 Å². The number of hydrogen-bond acceptors (Lipinski definition) is 3. The summed E-state index contributed by atoms with van der Waals surface area (Å²) in [5.74, 6) is 2.10. The van der Waals surface area contributed by atoms with E-state index in [0.717, 1.165) is 32.9 Å². The topological polar surface area (TPSA) is 35.0 Å². The molecular weight excluding hydrogens is 292 g/mol. The Morgan fingerprint density at radius 1 is 0.944 bits per heavy atom. The van der Waals surface area contributed by atoms with Crippen LogP contribution in [0, 0.1) is 27.7 Å². The maximum atomic E-state index is 5.78. The van der Waals surface area contributed by atoms with Crippen LogP contribution < -0.4 is 4.74 Å². The van der Waals surface area contributed by atoms with Crippen LogP contribution in [0.4, 0.5) is 0 Å². The first kappa shape index (κ1) is 13.0. The highest BCUT2D eigenvalue weighted by Gasteiger charge is 2.06. The van der Waals surface area contributed by atoms with Gasteiger partial charge in [0.25, 0.3) is 0 Å². The van der Waals surface area contributed by atoms with Gasteiger partial charge in [0.05, 0.1) is 0 Å². The van der Waals surface area contributed by atoms with Crippen molar-refractivity contribution in [1.82, 2.24) is 9.97 Å². The van der Waals surface area contributed by atoms with E-state index in [2.05, 4.69) is 25.9 Å². The molecule has 0 bridgehead atoms. The van der Waals surface area contributed by atoms with Crippen molar-refractivity contribution in [3.8, 4) is 11.6 Å². The van der Waals surface area contributed by atoms with E-state index in [4.69, 9.17) is 4.74 Å². The molecule has 0 aliphatic heterocycles. The summed E-state index contributed by atoms with van der Waals surface area (Å²) in [6.07, 6.45) is 0. The highest BCUT2D eigenvalue weighted by molar-refractivity contribution is 9.10. The minimum Gasteiger partial charge on any atom is -0.439 e. The van der Waals surface area contributed by atoms with Crippen LogP contribution in [0.5, 0.6) is 11.6 Å². The predicted octanol–water partition coefficient (Wildman–Crippen LogP) is 4.27. The van der Waals surface area contributed by atoms with Crippen LogP contribution in [0.3, 0.4) is 0 Å². The molecule has 0 N–H and O–H groups in total. The molecule has 0 saturated heterocycles. The fraction of sp³-hybridized carbons (Fsp3) is 0.286. The Kier molecular flexibility index (Phi) is 3.66. The van der Waals surface area contributed by atoms with Crippen LogP contribution in [0.25, 0.3) is 0 Å². The van der Waals surface area contributed by atoms with Gasteiger partial charge in [0.15, 0.2) is 0 Å². The van der Waals surface area contributed by atoms with Gasteiger partial charge in [-0.05, 0) is 51.0 Å². The van der Waals surface area contributed by atoms with Gasteiger partial charge < -0.3 is 4.74 Å². The summed E-state index contributed by atoms with van der Waals surface area (Å²) in [5, 5.41) is 0. The van der Waals surface area contributed by atoms with Gasteiger partial charge in [0.1, 0.15) is 11.6 Å². The van der Waals surface area contributed by atoms with Gasteiger partial charge in [0.2, 0.25) is 5.88 Å². The zero-order chi connectivity index (χ0) is 13.3. The smallest absolute Gasteiger partial charge is 0.222 e. The summed E-state index contributed by atoms with van der Waals surface area (Å²) < 4.78 is 6.90. The zero-order valence-corrected chi connectivity index (χ0v) is 12.5. The van der Waals surface area contributed by atoms with E-state index in [9.17, 15) is 0 Å². The quantitative estimate of drug-likeness (QED) is 0.831. The average Bonchev–Trinajstić information content (AvgIpc) is 2.24. The van der Waals surface area contributed by atoms with E-state index in [1.165, 1.54) is 0 Å². The normalized spacial score (nSPS) is 10.5. The third-order valence-electron chi connectivity index (χ3n) is 2.57. The second-order valence-electron chi connectivity index (χ2n) is 4.37. The number of rotatable bonds is 2. The summed E-state index contributed by atoms with van der Waals surface area (Å²) in [6, 6.07) is 5.81. The van der Waals surface area contributed by atoms with Crippen molar-refractivity contribution < 1.29 is 4.74 Å². The molecule has 4 heteroatoms. The van der Waals surface area contributed by atoms with Crippen LogP contribution in [-0.4, -0.2) is 9.97 Å². The first-order chi connectivity index (χ1) is 8.45. The SMILES string of the molecule is Cc1cc(Oc2cc(C)c(Br)c(C)c2)nc(C)n1. The molecule has 0 radical (unpaired) electrons. The van der Waals surface area contributed by atoms with Gasteiger partial charge in [0, 0.05) is 16.2 Å². The summed E-state index contributed by atoms with van der Waals surface area (Å²) in [6.45, 7) is 7.87. The molecule has 1 heterocycles. The molecule has 2 aromatic rings. The van der Waals surface area contributed by atoms with E-state index in [1.54, 1.807) is 0 Å². The van der Waals surface area contributed by atoms with Crippen molar-refractivity contribution in [2.75, 3.05) is 0 Å². The number of aryl methyl sites for hydroxylation is 4. The molecule has 3 nitrogen and oxygen atoms in total. The Bertz CT molecular complexity index is 553. The predicted molar refractivity (Wildman–Crippen MR) is 75.2 cm³/mol. The van der Waals surface area contributed by atoms with Gasteiger partial charge in [-0.3, -0.25) is 0 Å². The standard InChI is InChI=1S/C14H15BrN2O/c1-8-5-12(6-9(2)14(8)15)18-13-7-10(3)16-11(4)17-13/h5-7H,1-4H3. The lowest BCUT2D eigenvalue weighted by Gasteiger charge is -2.09. The molecule has 94 valence electrons. The van der Waals surface area contributed by atoms with Gasteiger partial charge >= 0.3 is 0 Å². The fourth-order valence-corrected chi connectivity index (χ4v) is 2.05. The summed E-state index contributed by atoms with van der Waals surface area (Å²) in [4.78, 5) is 8.49. The van der Waals surface area contributed by atoms with E-state index in [0.29, 0.717) is 5.88 Å². The lowest BCUT2D eigenvalue weighted by atomic mass is 10.1. The Hall–Kier alpha value is -1.42. The van der Waals surface area contributed by atoms with E-state index in [-0.39, 0.29) is 0 Å². The number of aromatic nitrogens is 2. The number of ether oxygens (including phenoxy) is 1. The molecule has 0 spiro atoms. The molecule has 0 saturated carbocycles. The molecule has 0 aliphatic carbocycles. The largest absolute Gasteiger partial charge is 0.439 e. The molecule has 2 rings (SSSR count). The maximum absolute atomic E-state index is 5.78. The second-order valence-corrected chi connectivity index (χ2v) is 5.16. The second kappa shape index (κ2) is 5.06. The average molecular weight is 307 g/mol. The molecule has 1 aromatic carbocycles. The molecule has 0 atom stereocenters. The third kappa shape index (κ3) is 2.88. The molecule has 0 fully saturated rings. The lowest BCUT2D eigenvalue weighted by molar-refractivity contribution is 0.458. The first-order valence-corrected chi connectivity index (χ1v) is 6.52. The Labute approximate surface area is 115 Å². The Balaban J connectivity index is 2.34. The molecule has 0 unspecified atom stereocenters. The van der Waals surface area contributed by atoms with Crippen molar-refractivity contribution in [3.63, 3.8) is 0 Å². The minimum absolute atomic E-state index is 0.584. The lowest BCUT2D eigenvalue weighted by Crippen LogP contribution is -1.95. The summed E-state index contributed by atoms with van der Waals surface area (Å²) in [7, 11) is 0. The summed E-state index contributed by atoms with van der Waals surface area (Å²) in [5.41, 5.74) is 3.20. The summed E-state index contributed by atoms with van der Waals surface area (Å²) >= 11 is 3.54. The van der Waals surface area contributed by atoms with E-state index in [1.807, 2.05) is 45.9 Å². The minimum atomic E-state index is 0.584. The van der Waals surface area contributed by atoms with Crippen molar-refractivity contribution in [2.45, 2.75) is 27.7 Å². The van der Waals surface area contributed by atoms with Crippen LogP contribution in [0.1, 0.15) is 22.6 Å². The highest BCUT2D eigenvalue weighted by Crippen LogP contribution is 2.28. The number of nitrogens with zero attached hydrogens (tertiary/aromatic N) is 2. The fourth-order valence-electron chi connectivity index (χ4n) is 1.82. The van der Waals surface area contributed by atoms with E-state index >= 15 is 0 Å². The molecule has 0 aliphatic rings. The number of hydrogen-bond donors (Lipinski definition) is 0. The van der Waals surface area contributed by atoms with E-state index < -0.39 is 0 Å². The Morgan fingerprint density at radius 2 is 1.56 bits per heavy atom. The van der Waals surface area contributed by atoms with Crippen LogP contribution in [0.15, 0.2) is 22.7 Å². The van der Waals surface area contributed by atoms with Crippen LogP contribution >= 0.6 is 15.9 Å². The monoisotopic (exact) mass is 306 g/mol. The maximum Gasteiger partial charge on any atom is 0.222 e. The zero-order valence-electron chi connectivity index (χ0n) is 10.9. The molecular formula is C14H15BrN2O. The van der Waals surface area contributed by atoms with Gasteiger partial charge in [-0.15, -0.1) is 0 Å². The number of halogens is 1. The van der Waals surface area contributed by atoms with Crippen molar-refractivity contribution in [1.29, 1.82) is 0 Å². The Morgan fingerprint density at radius 3 is 2.11 bits per heavy atom. The highest BCUT2D eigenvalue weighted by atomic mass is 79.9. The van der Waals surface area contributed by atoms with Crippen LogP contribution in [-0.2, 0) is 0 Å². The third-order valence-corrected chi connectivity index (χ3v) is 3.83. The first-order valence-electron chi connectivity index (χ1n) is 5.72. The van der Waals surface area contributed by atoms with Crippen molar-refractivity contribution in [2.24, 2.45) is 0 Å². The van der Waals surface area contributed by atoms with Crippen LogP contribution in [0.2, 0.25) is 0 Å². The van der Waals surface area contributed by atoms with Gasteiger partial charge in [-0.25, -0.2) is 4.98 Å². The van der Waals surface area contributed by atoms with Gasteiger partial charge in [-0.2, -0.15) is 4.98 Å². The van der Waals surface area contributed by atoms with Crippen molar-refractivity contribution >= 4 is 15.9 Å².